The van der Waals surface area contributed by atoms with E-state index in [0.29, 0.717) is 5.56 Å². The summed E-state index contributed by atoms with van der Waals surface area (Å²) in [6, 6.07) is 5.12. The van der Waals surface area contributed by atoms with Crippen LogP contribution in [-0.4, -0.2) is 37.1 Å². The molecule has 0 aromatic heterocycles. The zero-order valence-corrected chi connectivity index (χ0v) is 9.24. The molecule has 0 atom stereocenters. The first-order chi connectivity index (χ1) is 7.04. The molecule has 0 saturated carbocycles. The maximum absolute atomic E-state index is 11.5. The maximum atomic E-state index is 11.5. The number of aromatic hydroxyl groups is 1. The molecule has 0 aliphatic rings. The van der Waals surface area contributed by atoms with E-state index in [0.717, 1.165) is 5.69 Å². The molecule has 82 valence electrons. The van der Waals surface area contributed by atoms with Gasteiger partial charge >= 0.3 is 0 Å². The Labute approximate surface area is 89.5 Å². The van der Waals surface area contributed by atoms with Gasteiger partial charge in [-0.15, -0.1) is 0 Å². The molecule has 0 fully saturated rings. The van der Waals surface area contributed by atoms with E-state index in [1.807, 2.05) is 0 Å². The summed E-state index contributed by atoms with van der Waals surface area (Å²) in [5.74, 6) is 0.128. The largest absolute Gasteiger partial charge is 0.508 e. The molecular weight excluding hydrogens is 192 g/mol. The third kappa shape index (κ3) is 2.87. The number of nitrogens with one attached hydrogen (secondary N) is 1. The van der Waals surface area contributed by atoms with Crippen molar-refractivity contribution in [3.63, 3.8) is 0 Å². The van der Waals surface area contributed by atoms with Crippen LogP contribution in [-0.2, 0) is 11.2 Å². The van der Waals surface area contributed by atoms with Crippen molar-refractivity contribution in [2.45, 2.75) is 6.42 Å². The summed E-state index contributed by atoms with van der Waals surface area (Å²) in [4.78, 5) is 13.0. The summed E-state index contributed by atoms with van der Waals surface area (Å²) in [6.07, 6.45) is 0.217. The van der Waals surface area contributed by atoms with Crippen LogP contribution in [0.25, 0.3) is 0 Å². The van der Waals surface area contributed by atoms with Crippen molar-refractivity contribution in [1.29, 1.82) is 0 Å². The van der Waals surface area contributed by atoms with Crippen LogP contribution in [0.4, 0.5) is 5.69 Å². The number of hydrogen-bond acceptors (Lipinski definition) is 3. The highest BCUT2D eigenvalue weighted by molar-refractivity contribution is 5.79. The van der Waals surface area contributed by atoms with Gasteiger partial charge in [0.05, 0.1) is 6.42 Å². The zero-order valence-electron chi connectivity index (χ0n) is 9.24. The Balaban J connectivity index is 2.88. The molecule has 1 rings (SSSR count). The lowest BCUT2D eigenvalue weighted by Gasteiger charge is -2.11. The van der Waals surface area contributed by atoms with E-state index >= 15 is 0 Å². The molecule has 0 saturated heterocycles. The number of carbonyl (C=O) groups excluding carboxylic acids is 1. The van der Waals surface area contributed by atoms with Crippen LogP contribution in [0, 0.1) is 0 Å². The van der Waals surface area contributed by atoms with Crippen LogP contribution < -0.4 is 5.32 Å². The molecule has 0 unspecified atom stereocenters. The van der Waals surface area contributed by atoms with Gasteiger partial charge in [0.25, 0.3) is 0 Å². The van der Waals surface area contributed by atoms with Crippen molar-refractivity contribution in [3.8, 4) is 5.75 Å². The third-order valence-electron chi connectivity index (χ3n) is 2.21. The lowest BCUT2D eigenvalue weighted by Crippen LogP contribution is -2.23. The summed E-state index contributed by atoms with van der Waals surface area (Å²) in [6.45, 7) is 0. The van der Waals surface area contributed by atoms with E-state index in [4.69, 9.17) is 0 Å². The van der Waals surface area contributed by atoms with Crippen molar-refractivity contribution >= 4 is 11.6 Å². The molecule has 0 aliphatic carbocycles. The van der Waals surface area contributed by atoms with Crippen molar-refractivity contribution < 1.29 is 9.90 Å². The number of hydrogen-bond donors (Lipinski definition) is 2. The van der Waals surface area contributed by atoms with Crippen LogP contribution in [0.1, 0.15) is 5.56 Å². The summed E-state index contributed by atoms with van der Waals surface area (Å²) in [7, 11) is 5.19. The Morgan fingerprint density at radius 1 is 1.47 bits per heavy atom. The van der Waals surface area contributed by atoms with E-state index in [1.165, 1.54) is 4.90 Å². The number of likely N-dealkylation sites (N-methyl/N-ethyl adjacent to an activating group) is 1. The Kier molecular flexibility index (Phi) is 3.55. The predicted molar refractivity (Wildman–Crippen MR) is 60.1 cm³/mol. The van der Waals surface area contributed by atoms with E-state index in [-0.39, 0.29) is 18.1 Å². The van der Waals surface area contributed by atoms with Gasteiger partial charge in [0.2, 0.25) is 5.91 Å². The molecule has 1 aromatic rings. The van der Waals surface area contributed by atoms with Crippen LogP contribution in [0.15, 0.2) is 18.2 Å². The molecule has 4 heteroatoms. The number of benzene rings is 1. The number of nitrogens with zero attached hydrogens (tertiary/aromatic N) is 1. The Morgan fingerprint density at radius 3 is 2.67 bits per heavy atom. The van der Waals surface area contributed by atoms with Gasteiger partial charge in [-0.1, -0.05) is 0 Å². The van der Waals surface area contributed by atoms with Gasteiger partial charge in [0, 0.05) is 32.4 Å². The smallest absolute Gasteiger partial charge is 0.226 e. The van der Waals surface area contributed by atoms with Gasteiger partial charge in [-0.2, -0.15) is 0 Å². The summed E-state index contributed by atoms with van der Waals surface area (Å²) in [5, 5.41) is 12.5. The summed E-state index contributed by atoms with van der Waals surface area (Å²) in [5.41, 5.74) is 1.52. The molecule has 2 N–H and O–H groups in total. The minimum atomic E-state index is -0.0291. The molecule has 4 nitrogen and oxygen atoms in total. The number of phenols is 1. The second-order valence-corrected chi connectivity index (χ2v) is 3.56. The highest BCUT2D eigenvalue weighted by Crippen LogP contribution is 2.21. The maximum Gasteiger partial charge on any atom is 0.226 e. The average Bonchev–Trinajstić information content (AvgIpc) is 2.21. The number of amides is 1. The quantitative estimate of drug-likeness (QED) is 0.730. The molecule has 0 aliphatic heterocycles. The molecule has 0 heterocycles. The summed E-state index contributed by atoms with van der Waals surface area (Å²) >= 11 is 0. The van der Waals surface area contributed by atoms with Crippen molar-refractivity contribution in [1.82, 2.24) is 4.90 Å². The Hall–Kier alpha value is -1.71. The van der Waals surface area contributed by atoms with Gasteiger partial charge in [0.1, 0.15) is 5.75 Å². The van der Waals surface area contributed by atoms with Gasteiger partial charge in [-0.3, -0.25) is 4.79 Å². The molecule has 0 radical (unpaired) electrons. The predicted octanol–water partition coefficient (Wildman–Crippen LogP) is 1.06. The minimum absolute atomic E-state index is 0.0291. The lowest BCUT2D eigenvalue weighted by molar-refractivity contribution is -0.127. The molecule has 0 bridgehead atoms. The average molecular weight is 208 g/mol. The molecule has 1 amide bonds. The minimum Gasteiger partial charge on any atom is -0.508 e. The topological polar surface area (TPSA) is 52.6 Å². The second kappa shape index (κ2) is 4.68. The second-order valence-electron chi connectivity index (χ2n) is 3.56. The number of carbonyl (C=O) groups is 1. The van der Waals surface area contributed by atoms with Crippen molar-refractivity contribution in [3.05, 3.63) is 23.8 Å². The standard InChI is InChI=1S/C11H16N2O2/c1-12-9-4-5-10(14)8(6-9)7-11(15)13(2)3/h4-6,12,14H,7H2,1-3H3. The van der Waals surface area contributed by atoms with E-state index in [9.17, 15) is 9.90 Å². The van der Waals surface area contributed by atoms with E-state index < -0.39 is 0 Å². The van der Waals surface area contributed by atoms with Crippen LogP contribution >= 0.6 is 0 Å². The van der Waals surface area contributed by atoms with Crippen LogP contribution in [0.3, 0.4) is 0 Å². The first-order valence-corrected chi connectivity index (χ1v) is 4.74. The first-order valence-electron chi connectivity index (χ1n) is 4.74. The SMILES string of the molecule is CNc1ccc(O)c(CC(=O)N(C)C)c1. The highest BCUT2D eigenvalue weighted by Gasteiger charge is 2.09. The van der Waals surface area contributed by atoms with E-state index in [2.05, 4.69) is 5.32 Å². The number of anilines is 1. The van der Waals surface area contributed by atoms with Crippen LogP contribution in [0.2, 0.25) is 0 Å². The fourth-order valence-electron chi connectivity index (χ4n) is 1.20. The molecule has 0 spiro atoms. The molecule has 15 heavy (non-hydrogen) atoms. The highest BCUT2D eigenvalue weighted by atomic mass is 16.3. The Morgan fingerprint density at radius 2 is 2.13 bits per heavy atom. The monoisotopic (exact) mass is 208 g/mol. The van der Waals surface area contributed by atoms with Gasteiger partial charge in [0.15, 0.2) is 0 Å². The third-order valence-corrected chi connectivity index (χ3v) is 2.21. The normalized spacial score (nSPS) is 9.80. The first kappa shape index (κ1) is 11.4. The lowest BCUT2D eigenvalue weighted by atomic mass is 10.1. The van der Waals surface area contributed by atoms with Gasteiger partial charge < -0.3 is 15.3 Å². The van der Waals surface area contributed by atoms with Crippen LogP contribution in [0.5, 0.6) is 5.75 Å². The number of phenolic OH excluding ortho intramolecular Hbond substituents is 1. The molecular formula is C11H16N2O2. The number of rotatable bonds is 3. The van der Waals surface area contributed by atoms with Gasteiger partial charge in [-0.05, 0) is 18.2 Å². The van der Waals surface area contributed by atoms with E-state index in [1.54, 1.807) is 39.3 Å². The Bertz CT molecular complexity index is 362. The van der Waals surface area contributed by atoms with Crippen molar-refractivity contribution in [2.75, 3.05) is 26.5 Å². The summed E-state index contributed by atoms with van der Waals surface area (Å²) < 4.78 is 0. The molecule has 1 aromatic carbocycles. The fourth-order valence-corrected chi connectivity index (χ4v) is 1.20. The fraction of sp³-hybridized carbons (Fsp3) is 0.364. The van der Waals surface area contributed by atoms with Gasteiger partial charge in [-0.25, -0.2) is 0 Å². The zero-order chi connectivity index (χ0) is 11.4. The van der Waals surface area contributed by atoms with Crippen molar-refractivity contribution in [2.24, 2.45) is 0 Å².